The van der Waals surface area contributed by atoms with Gasteiger partial charge in [-0.15, -0.1) is 12.6 Å². The van der Waals surface area contributed by atoms with Gasteiger partial charge in [-0.25, -0.2) is 0 Å². The third kappa shape index (κ3) is 3.17. The summed E-state index contributed by atoms with van der Waals surface area (Å²) in [5.74, 6) is -2.74. The molecule has 1 aliphatic heterocycles. The maximum Gasteiger partial charge on any atom is 0.319 e. The van der Waals surface area contributed by atoms with Gasteiger partial charge in [0, 0.05) is 11.5 Å². The molecule has 0 saturated heterocycles. The van der Waals surface area contributed by atoms with E-state index >= 15 is 0 Å². The molecular weight excluding hydrogens is 316 g/mol. The number of rotatable bonds is 4. The lowest BCUT2D eigenvalue weighted by molar-refractivity contribution is -0.150. The van der Waals surface area contributed by atoms with E-state index in [1.54, 1.807) is 24.3 Å². The molecule has 1 amide bonds. The first-order valence-corrected chi connectivity index (χ1v) is 7.43. The molecule has 2 atom stereocenters. The molecule has 6 nitrogen and oxygen atoms in total. The summed E-state index contributed by atoms with van der Waals surface area (Å²) in [5.41, 5.74) is 0.762. The Balaban J connectivity index is 2.66. The number of nitrogens with zero attached hydrogens (tertiary/aromatic N) is 1. The summed E-state index contributed by atoms with van der Waals surface area (Å²) in [4.78, 5) is 24.4. The number of ether oxygens (including phenoxy) is 2. The van der Waals surface area contributed by atoms with Gasteiger partial charge in [-0.2, -0.15) is 5.26 Å². The van der Waals surface area contributed by atoms with Crippen molar-refractivity contribution in [3.63, 3.8) is 0 Å². The number of esters is 1. The monoisotopic (exact) mass is 332 g/mol. The van der Waals surface area contributed by atoms with Crippen LogP contribution >= 0.6 is 12.6 Å². The van der Waals surface area contributed by atoms with Crippen molar-refractivity contribution in [2.24, 2.45) is 5.92 Å². The topological polar surface area (TPSA) is 88.4 Å². The molecule has 0 bridgehead atoms. The average molecular weight is 332 g/mol. The summed E-state index contributed by atoms with van der Waals surface area (Å²) in [5, 5.41) is 12.0. The normalized spacial score (nSPS) is 20.5. The standard InChI is InChI=1S/C16H16N2O4S/c1-3-22-11-7-5-4-6-9(11)12-10(8-17)15(23)18-14(19)13(12)16(20)21-2/h4-7,12-13,23H,3H2,1-2H3,(H,18,19)/t12-,13-/m1/s1. The molecule has 23 heavy (non-hydrogen) atoms. The number of amides is 1. The third-order valence-electron chi connectivity index (χ3n) is 3.55. The van der Waals surface area contributed by atoms with Crippen LogP contribution in [0.4, 0.5) is 0 Å². The average Bonchev–Trinajstić information content (AvgIpc) is 2.54. The van der Waals surface area contributed by atoms with Crippen LogP contribution in [0, 0.1) is 17.2 Å². The van der Waals surface area contributed by atoms with Crippen molar-refractivity contribution >= 4 is 24.5 Å². The van der Waals surface area contributed by atoms with Gasteiger partial charge < -0.3 is 14.8 Å². The van der Waals surface area contributed by atoms with Crippen LogP contribution < -0.4 is 10.1 Å². The summed E-state index contributed by atoms with van der Waals surface area (Å²) in [7, 11) is 1.20. The van der Waals surface area contributed by atoms with Gasteiger partial charge in [0.15, 0.2) is 0 Å². The highest BCUT2D eigenvalue weighted by atomic mass is 32.1. The summed E-state index contributed by atoms with van der Waals surface area (Å²) < 4.78 is 10.3. The van der Waals surface area contributed by atoms with Crippen LogP contribution in [0.25, 0.3) is 0 Å². The molecule has 1 N–H and O–H groups in total. The number of nitrogens with one attached hydrogen (secondary N) is 1. The smallest absolute Gasteiger partial charge is 0.319 e. The Morgan fingerprint density at radius 1 is 1.43 bits per heavy atom. The Hall–Kier alpha value is -2.46. The molecule has 1 aromatic rings. The van der Waals surface area contributed by atoms with Crippen molar-refractivity contribution in [1.29, 1.82) is 5.26 Å². The van der Waals surface area contributed by atoms with Crippen LogP contribution in [0.5, 0.6) is 5.75 Å². The number of para-hydroxylation sites is 1. The largest absolute Gasteiger partial charge is 0.494 e. The molecule has 1 heterocycles. The quantitative estimate of drug-likeness (QED) is 0.498. The number of thiol groups is 1. The van der Waals surface area contributed by atoms with Crippen LogP contribution in [-0.2, 0) is 14.3 Å². The Kier molecular flexibility index (Phi) is 5.29. The Labute approximate surface area is 139 Å². The predicted molar refractivity (Wildman–Crippen MR) is 85.6 cm³/mol. The second-order valence-electron chi connectivity index (χ2n) is 4.81. The molecule has 0 spiro atoms. The molecule has 1 aromatic carbocycles. The number of methoxy groups -OCH3 is 1. The lowest BCUT2D eigenvalue weighted by Crippen LogP contribution is -2.43. The van der Waals surface area contributed by atoms with Crippen LogP contribution in [0.15, 0.2) is 34.9 Å². The Bertz CT molecular complexity index is 708. The zero-order valence-corrected chi connectivity index (χ0v) is 13.6. The number of benzene rings is 1. The number of carbonyl (C=O) groups excluding carboxylic acids is 2. The predicted octanol–water partition coefficient (Wildman–Crippen LogP) is 1.75. The summed E-state index contributed by atoms with van der Waals surface area (Å²) in [6.45, 7) is 2.24. The van der Waals surface area contributed by atoms with E-state index in [0.29, 0.717) is 17.9 Å². The molecule has 0 unspecified atom stereocenters. The number of nitriles is 1. The van der Waals surface area contributed by atoms with Gasteiger partial charge in [-0.1, -0.05) is 18.2 Å². The molecule has 0 aliphatic carbocycles. The number of hydrogen-bond donors (Lipinski definition) is 2. The van der Waals surface area contributed by atoms with Gasteiger partial charge in [0.2, 0.25) is 5.91 Å². The van der Waals surface area contributed by atoms with Crippen LogP contribution in [0.1, 0.15) is 18.4 Å². The van der Waals surface area contributed by atoms with Gasteiger partial charge in [0.25, 0.3) is 0 Å². The molecule has 2 rings (SSSR count). The molecular formula is C16H16N2O4S. The van der Waals surface area contributed by atoms with Crippen molar-refractivity contribution in [1.82, 2.24) is 5.32 Å². The summed E-state index contributed by atoms with van der Waals surface area (Å²) >= 11 is 4.16. The van der Waals surface area contributed by atoms with Gasteiger partial charge in [0.05, 0.1) is 30.4 Å². The lowest BCUT2D eigenvalue weighted by Gasteiger charge is -2.30. The summed E-state index contributed by atoms with van der Waals surface area (Å²) in [6.07, 6.45) is 0. The zero-order valence-electron chi connectivity index (χ0n) is 12.7. The fourth-order valence-electron chi connectivity index (χ4n) is 2.58. The SMILES string of the molecule is CCOc1ccccc1[C@@H]1C(C#N)=C(S)NC(=O)[C@@H]1C(=O)OC. The van der Waals surface area contributed by atoms with E-state index in [2.05, 4.69) is 17.9 Å². The third-order valence-corrected chi connectivity index (χ3v) is 3.91. The highest BCUT2D eigenvalue weighted by molar-refractivity contribution is 7.84. The van der Waals surface area contributed by atoms with Crippen molar-refractivity contribution in [2.75, 3.05) is 13.7 Å². The van der Waals surface area contributed by atoms with Crippen LogP contribution in [0.2, 0.25) is 0 Å². The lowest BCUT2D eigenvalue weighted by atomic mass is 9.78. The highest BCUT2D eigenvalue weighted by Crippen LogP contribution is 2.41. The zero-order chi connectivity index (χ0) is 17.0. The van der Waals surface area contributed by atoms with Crippen molar-refractivity contribution < 1.29 is 19.1 Å². The Morgan fingerprint density at radius 2 is 2.13 bits per heavy atom. The van der Waals surface area contributed by atoms with Crippen molar-refractivity contribution in [3.8, 4) is 11.8 Å². The first-order valence-electron chi connectivity index (χ1n) is 6.98. The maximum atomic E-state index is 12.3. The fourth-order valence-corrected chi connectivity index (χ4v) is 2.88. The molecule has 1 aliphatic rings. The van der Waals surface area contributed by atoms with Crippen LogP contribution in [-0.4, -0.2) is 25.6 Å². The van der Waals surface area contributed by atoms with E-state index in [1.807, 2.05) is 13.0 Å². The van der Waals surface area contributed by atoms with E-state index in [-0.39, 0.29) is 10.6 Å². The van der Waals surface area contributed by atoms with E-state index < -0.39 is 23.7 Å². The van der Waals surface area contributed by atoms with Gasteiger partial charge >= 0.3 is 5.97 Å². The second-order valence-corrected chi connectivity index (χ2v) is 5.26. The highest BCUT2D eigenvalue weighted by Gasteiger charge is 2.44. The molecule has 0 saturated carbocycles. The minimum Gasteiger partial charge on any atom is -0.494 e. The fraction of sp³-hybridized carbons (Fsp3) is 0.312. The van der Waals surface area contributed by atoms with E-state index in [1.165, 1.54) is 7.11 Å². The summed E-state index contributed by atoms with van der Waals surface area (Å²) in [6, 6.07) is 9.02. The molecule has 0 aromatic heterocycles. The molecule has 0 radical (unpaired) electrons. The van der Waals surface area contributed by atoms with Gasteiger partial charge in [-0.3, -0.25) is 9.59 Å². The van der Waals surface area contributed by atoms with Gasteiger partial charge in [-0.05, 0) is 13.0 Å². The number of allylic oxidation sites excluding steroid dienone is 1. The first kappa shape index (κ1) is 16.9. The molecule has 120 valence electrons. The van der Waals surface area contributed by atoms with Crippen molar-refractivity contribution in [3.05, 3.63) is 40.4 Å². The number of carbonyl (C=O) groups is 2. The second kappa shape index (κ2) is 7.20. The van der Waals surface area contributed by atoms with E-state index in [0.717, 1.165) is 0 Å². The van der Waals surface area contributed by atoms with E-state index in [9.17, 15) is 14.9 Å². The molecule has 0 fully saturated rings. The Morgan fingerprint density at radius 3 is 2.74 bits per heavy atom. The van der Waals surface area contributed by atoms with Gasteiger partial charge in [0.1, 0.15) is 11.7 Å². The minimum absolute atomic E-state index is 0.133. The van der Waals surface area contributed by atoms with E-state index in [4.69, 9.17) is 9.47 Å². The molecule has 7 heteroatoms. The first-order chi connectivity index (χ1) is 11.0. The van der Waals surface area contributed by atoms with Crippen LogP contribution in [0.3, 0.4) is 0 Å². The number of hydrogen-bond acceptors (Lipinski definition) is 6. The van der Waals surface area contributed by atoms with Crippen molar-refractivity contribution in [2.45, 2.75) is 12.8 Å². The maximum absolute atomic E-state index is 12.3. The minimum atomic E-state index is -1.17.